The van der Waals surface area contributed by atoms with E-state index in [2.05, 4.69) is 36.0 Å². The summed E-state index contributed by atoms with van der Waals surface area (Å²) in [6, 6.07) is 8.23. The number of carbonyl (C=O) groups is 2. The Bertz CT molecular complexity index is 1440. The van der Waals surface area contributed by atoms with Gasteiger partial charge in [-0.15, -0.1) is 0 Å². The normalized spacial score (nSPS) is 17.6. The van der Waals surface area contributed by atoms with E-state index in [4.69, 9.17) is 4.74 Å². The zero-order chi connectivity index (χ0) is 28.9. The molecule has 9 nitrogen and oxygen atoms in total. The van der Waals surface area contributed by atoms with Crippen LogP contribution in [-0.2, 0) is 21.3 Å². The predicted octanol–water partition coefficient (Wildman–Crippen LogP) is 5.28. The molecule has 1 aliphatic carbocycles. The summed E-state index contributed by atoms with van der Waals surface area (Å²) >= 11 is 0. The van der Waals surface area contributed by atoms with E-state index in [0.717, 1.165) is 42.9 Å². The summed E-state index contributed by atoms with van der Waals surface area (Å²) in [4.78, 5) is 30.9. The smallest absolute Gasteiger partial charge is 0.291 e. The van der Waals surface area contributed by atoms with Gasteiger partial charge < -0.3 is 14.6 Å². The number of rotatable bonds is 10. The van der Waals surface area contributed by atoms with Crippen LogP contribution in [0.2, 0.25) is 25.7 Å². The molecular weight excluding hydrogens is 544 g/mol. The van der Waals surface area contributed by atoms with Gasteiger partial charge >= 0.3 is 0 Å². The van der Waals surface area contributed by atoms with Gasteiger partial charge in [0, 0.05) is 43.6 Å². The number of sulfone groups is 1. The largest absolute Gasteiger partial charge is 0.361 e. The van der Waals surface area contributed by atoms with Crippen molar-refractivity contribution in [3.05, 3.63) is 53.1 Å². The molecule has 2 aliphatic rings. The van der Waals surface area contributed by atoms with Gasteiger partial charge in [-0.05, 0) is 68.3 Å². The molecule has 1 N–H and O–H groups in total. The van der Waals surface area contributed by atoms with Crippen molar-refractivity contribution in [3.8, 4) is 6.07 Å². The Morgan fingerprint density at radius 3 is 2.60 bits per heavy atom. The molecule has 0 spiro atoms. The number of Topliss-reactive ketones (excluding diaryl/α,β-unsaturated/α-hetero) is 1. The van der Waals surface area contributed by atoms with Gasteiger partial charge in [-0.2, -0.15) is 5.26 Å². The monoisotopic (exact) mass is 582 g/mol. The van der Waals surface area contributed by atoms with Gasteiger partial charge in [0.05, 0.1) is 11.5 Å². The summed E-state index contributed by atoms with van der Waals surface area (Å²) in [7, 11) is -4.34. The molecule has 0 radical (unpaired) electrons. The number of allylic oxidation sites excluding steroid dienone is 2. The van der Waals surface area contributed by atoms with Crippen LogP contribution in [0.15, 0.2) is 30.5 Å². The first-order valence-electron chi connectivity index (χ1n) is 13.9. The summed E-state index contributed by atoms with van der Waals surface area (Å²) < 4.78 is 31.1. The number of carbonyl (C=O) groups excluding carboxylic acids is 2. The van der Waals surface area contributed by atoms with Crippen molar-refractivity contribution in [2.45, 2.75) is 70.9 Å². The van der Waals surface area contributed by atoms with Crippen LogP contribution < -0.4 is 5.32 Å². The highest BCUT2D eigenvalue weighted by Crippen LogP contribution is 2.34. The van der Waals surface area contributed by atoms with Gasteiger partial charge in [0.25, 0.3) is 5.91 Å². The fraction of sp³-hybridized carbons (Fsp3) is 0.517. The number of anilines is 1. The van der Waals surface area contributed by atoms with Gasteiger partial charge in [0.2, 0.25) is 5.82 Å². The Hall–Kier alpha value is -3.07. The van der Waals surface area contributed by atoms with Gasteiger partial charge in [-0.1, -0.05) is 25.7 Å². The highest BCUT2D eigenvalue weighted by molar-refractivity contribution is 7.91. The van der Waals surface area contributed by atoms with Crippen molar-refractivity contribution in [1.29, 1.82) is 5.26 Å². The van der Waals surface area contributed by atoms with E-state index in [-0.39, 0.29) is 41.5 Å². The highest BCUT2D eigenvalue weighted by atomic mass is 32.2. The average Bonchev–Trinajstić information content (AvgIpc) is 3.34. The minimum Gasteiger partial charge on any atom is -0.361 e. The molecule has 2 heterocycles. The van der Waals surface area contributed by atoms with E-state index < -0.39 is 23.8 Å². The molecule has 2 aromatic rings. The van der Waals surface area contributed by atoms with Crippen LogP contribution in [0.25, 0.3) is 5.57 Å². The molecular formula is C29H38N4O5SSi. The molecule has 0 atom stereocenters. The second-order valence-electron chi connectivity index (χ2n) is 11.9. The lowest BCUT2D eigenvalue weighted by atomic mass is 9.88. The zero-order valence-corrected chi connectivity index (χ0v) is 25.3. The van der Waals surface area contributed by atoms with Gasteiger partial charge in [-0.3, -0.25) is 9.59 Å². The van der Waals surface area contributed by atoms with Crippen molar-refractivity contribution < 1.29 is 22.7 Å². The Labute approximate surface area is 237 Å². The minimum atomic E-state index is -3.07. The maximum absolute atomic E-state index is 13.4. The van der Waals surface area contributed by atoms with Gasteiger partial charge in [0.1, 0.15) is 22.6 Å². The zero-order valence-electron chi connectivity index (χ0n) is 23.5. The number of imidazole rings is 1. The van der Waals surface area contributed by atoms with E-state index in [9.17, 15) is 23.3 Å². The molecule has 1 saturated heterocycles. The third-order valence-corrected chi connectivity index (χ3v) is 10.9. The Morgan fingerprint density at radius 2 is 1.95 bits per heavy atom. The number of ether oxygens (including phenoxy) is 1. The predicted molar refractivity (Wildman–Crippen MR) is 158 cm³/mol. The first-order chi connectivity index (χ1) is 19.0. The molecule has 0 saturated carbocycles. The first-order valence-corrected chi connectivity index (χ1v) is 19.4. The number of benzene rings is 1. The SMILES string of the molecule is C[Si](C)(C)CCOCn1cc(C#N)nc1C(=O)Nc1ccc(C(=O)C2CCS(=O)(=O)CC2)cc1C1=CCCCC1. The fourth-order valence-electron chi connectivity index (χ4n) is 5.01. The minimum absolute atomic E-state index is 0.0365. The Balaban J connectivity index is 1.57. The molecule has 1 aromatic carbocycles. The molecule has 40 heavy (non-hydrogen) atoms. The summed E-state index contributed by atoms with van der Waals surface area (Å²) in [5.74, 6) is -0.699. The topological polar surface area (TPSA) is 131 Å². The third-order valence-electron chi connectivity index (χ3n) is 7.44. The lowest BCUT2D eigenvalue weighted by molar-refractivity contribution is 0.0808. The molecule has 11 heteroatoms. The van der Waals surface area contributed by atoms with Crippen molar-refractivity contribution in [2.24, 2.45) is 5.92 Å². The van der Waals surface area contributed by atoms with E-state index >= 15 is 0 Å². The quantitative estimate of drug-likeness (QED) is 0.229. The van der Waals surface area contributed by atoms with Crippen LogP contribution in [0.3, 0.4) is 0 Å². The summed E-state index contributed by atoms with van der Waals surface area (Å²) in [5, 5.41) is 12.4. The van der Waals surface area contributed by atoms with Crippen LogP contribution in [0.1, 0.15) is 70.8 Å². The van der Waals surface area contributed by atoms with Crippen LogP contribution >= 0.6 is 0 Å². The lowest BCUT2D eigenvalue weighted by Gasteiger charge is -2.22. The van der Waals surface area contributed by atoms with Crippen molar-refractivity contribution in [1.82, 2.24) is 9.55 Å². The van der Waals surface area contributed by atoms with E-state index in [0.29, 0.717) is 30.7 Å². The Morgan fingerprint density at radius 1 is 1.20 bits per heavy atom. The number of nitriles is 1. The summed E-state index contributed by atoms with van der Waals surface area (Å²) in [6.07, 6.45) is 8.20. The highest BCUT2D eigenvalue weighted by Gasteiger charge is 2.30. The summed E-state index contributed by atoms with van der Waals surface area (Å²) in [5.41, 5.74) is 3.07. The van der Waals surface area contributed by atoms with Crippen LogP contribution in [0.4, 0.5) is 5.69 Å². The van der Waals surface area contributed by atoms with Crippen molar-refractivity contribution in [2.75, 3.05) is 23.4 Å². The summed E-state index contributed by atoms with van der Waals surface area (Å²) in [6.45, 7) is 7.47. The third kappa shape index (κ3) is 7.77. The maximum Gasteiger partial charge on any atom is 0.291 e. The number of aromatic nitrogens is 2. The lowest BCUT2D eigenvalue weighted by Crippen LogP contribution is -2.28. The first kappa shape index (κ1) is 29.9. The van der Waals surface area contributed by atoms with Gasteiger partial charge in [0.15, 0.2) is 11.5 Å². The molecule has 4 rings (SSSR count). The average molecular weight is 583 g/mol. The van der Waals surface area contributed by atoms with Crippen LogP contribution in [0, 0.1) is 17.2 Å². The standard InChI is InChI=1S/C29H38N4O5SSi/c1-40(2,3)16-13-38-20-33-19-24(18-30)31-28(33)29(35)32-26-10-9-23(17-25(26)21-7-5-4-6-8-21)27(34)22-11-14-39(36,37)15-12-22/h7,9-10,17,19,22H,4-6,8,11-16,20H2,1-3H3,(H,32,35). The van der Waals surface area contributed by atoms with E-state index in [1.807, 2.05) is 12.1 Å². The van der Waals surface area contributed by atoms with E-state index in [1.165, 1.54) is 6.20 Å². The Kier molecular flexibility index (Phi) is 9.43. The second-order valence-corrected chi connectivity index (χ2v) is 19.8. The van der Waals surface area contributed by atoms with Crippen molar-refractivity contribution >= 4 is 40.9 Å². The van der Waals surface area contributed by atoms with Crippen LogP contribution in [0.5, 0.6) is 0 Å². The molecule has 1 aromatic heterocycles. The van der Waals surface area contributed by atoms with Crippen molar-refractivity contribution in [3.63, 3.8) is 0 Å². The van der Waals surface area contributed by atoms with Crippen LogP contribution in [-0.4, -0.2) is 55.8 Å². The number of hydrogen-bond donors (Lipinski definition) is 1. The number of ketones is 1. The molecule has 1 fully saturated rings. The number of nitrogens with zero attached hydrogens (tertiary/aromatic N) is 3. The molecule has 0 unspecified atom stereocenters. The second kappa shape index (κ2) is 12.6. The number of nitrogens with one attached hydrogen (secondary N) is 1. The maximum atomic E-state index is 13.4. The fourth-order valence-corrected chi connectivity index (χ4v) is 7.26. The number of hydrogen-bond acceptors (Lipinski definition) is 7. The molecule has 0 bridgehead atoms. The van der Waals surface area contributed by atoms with Gasteiger partial charge in [-0.25, -0.2) is 13.4 Å². The molecule has 214 valence electrons. The number of amides is 1. The molecule has 1 amide bonds. The van der Waals surface area contributed by atoms with E-state index in [1.54, 1.807) is 16.7 Å². The molecule has 1 aliphatic heterocycles.